The van der Waals surface area contributed by atoms with Gasteiger partial charge in [0.25, 0.3) is 0 Å². The van der Waals surface area contributed by atoms with E-state index in [2.05, 4.69) is 12.1 Å². The molecule has 1 aliphatic carbocycles. The number of hydrogen-bond donors (Lipinski definition) is 1. The van der Waals surface area contributed by atoms with Gasteiger partial charge in [-0.25, -0.2) is 0 Å². The van der Waals surface area contributed by atoms with E-state index in [1.165, 1.54) is 5.56 Å². The van der Waals surface area contributed by atoms with Crippen LogP contribution in [0.4, 0.5) is 0 Å². The van der Waals surface area contributed by atoms with Gasteiger partial charge in [-0.1, -0.05) is 23.7 Å². The maximum atomic E-state index is 5.98. The van der Waals surface area contributed by atoms with Gasteiger partial charge in [0, 0.05) is 10.6 Å². The third kappa shape index (κ3) is 2.87. The molecule has 0 radical (unpaired) electrons. The molecule has 0 unspecified atom stereocenters. The first kappa shape index (κ1) is 10.8. The predicted molar refractivity (Wildman–Crippen MR) is 58.6 cm³/mol. The highest BCUT2D eigenvalue weighted by Gasteiger charge is 2.37. The van der Waals surface area contributed by atoms with E-state index in [0.717, 1.165) is 24.3 Å². The number of benzene rings is 1. The average molecular weight is 218 g/mol. The Balaban J connectivity index is 0.000000845. The second kappa shape index (κ2) is 3.87. The molecule has 1 aliphatic rings. The molecule has 1 fully saturated rings. The number of halogens is 2. The van der Waals surface area contributed by atoms with Crippen molar-refractivity contribution in [2.75, 3.05) is 0 Å². The standard InChI is InChI=1S/C10H12ClN.ClH/c11-9-3-1-8(2-4-9)7-10(12)5-6-10;/h1-4H,5-7,12H2;1H. The van der Waals surface area contributed by atoms with E-state index in [0.29, 0.717) is 0 Å². The molecule has 1 aromatic rings. The van der Waals surface area contributed by atoms with Crippen LogP contribution in [0.15, 0.2) is 24.3 Å². The molecule has 0 bridgehead atoms. The topological polar surface area (TPSA) is 26.0 Å². The molecule has 0 saturated heterocycles. The number of hydrogen-bond acceptors (Lipinski definition) is 1. The Morgan fingerprint density at radius 2 is 1.77 bits per heavy atom. The van der Waals surface area contributed by atoms with Gasteiger partial charge < -0.3 is 5.73 Å². The van der Waals surface area contributed by atoms with E-state index in [1.54, 1.807) is 0 Å². The second-order valence-corrected chi connectivity index (χ2v) is 4.10. The number of rotatable bonds is 2. The summed E-state index contributed by atoms with van der Waals surface area (Å²) in [7, 11) is 0. The van der Waals surface area contributed by atoms with Gasteiger partial charge in [0.2, 0.25) is 0 Å². The molecular formula is C10H13Cl2N. The summed E-state index contributed by atoms with van der Waals surface area (Å²) < 4.78 is 0. The van der Waals surface area contributed by atoms with Crippen LogP contribution in [0.3, 0.4) is 0 Å². The molecule has 3 heteroatoms. The molecule has 1 saturated carbocycles. The molecule has 2 rings (SSSR count). The fraction of sp³-hybridized carbons (Fsp3) is 0.400. The normalized spacial score (nSPS) is 17.7. The summed E-state index contributed by atoms with van der Waals surface area (Å²) in [5, 5.41) is 0.792. The van der Waals surface area contributed by atoms with Crippen LogP contribution >= 0.6 is 24.0 Å². The van der Waals surface area contributed by atoms with Gasteiger partial charge in [-0.15, -0.1) is 12.4 Å². The first-order chi connectivity index (χ1) is 5.68. The lowest BCUT2D eigenvalue weighted by atomic mass is 10.1. The van der Waals surface area contributed by atoms with Gasteiger partial charge in [0.15, 0.2) is 0 Å². The van der Waals surface area contributed by atoms with Crippen LogP contribution in [-0.2, 0) is 6.42 Å². The van der Waals surface area contributed by atoms with Crippen LogP contribution in [-0.4, -0.2) is 5.54 Å². The SMILES string of the molecule is Cl.NC1(Cc2ccc(Cl)cc2)CC1. The van der Waals surface area contributed by atoms with Crippen LogP contribution in [0.2, 0.25) is 5.02 Å². The maximum Gasteiger partial charge on any atom is 0.0406 e. The summed E-state index contributed by atoms with van der Waals surface area (Å²) in [6.45, 7) is 0. The Bertz CT molecular complexity index is 277. The van der Waals surface area contributed by atoms with Crippen LogP contribution in [0, 0.1) is 0 Å². The molecule has 72 valence electrons. The van der Waals surface area contributed by atoms with Crippen molar-refractivity contribution in [1.82, 2.24) is 0 Å². The molecule has 0 aliphatic heterocycles. The number of nitrogens with two attached hydrogens (primary N) is 1. The van der Waals surface area contributed by atoms with E-state index in [4.69, 9.17) is 17.3 Å². The van der Waals surface area contributed by atoms with Crippen LogP contribution in [0.5, 0.6) is 0 Å². The van der Waals surface area contributed by atoms with Gasteiger partial charge in [0.1, 0.15) is 0 Å². The van der Waals surface area contributed by atoms with Gasteiger partial charge in [-0.05, 0) is 37.0 Å². The molecule has 1 aromatic carbocycles. The molecule has 0 amide bonds. The molecule has 13 heavy (non-hydrogen) atoms. The van der Waals surface area contributed by atoms with Gasteiger partial charge in [-0.3, -0.25) is 0 Å². The highest BCUT2D eigenvalue weighted by Crippen LogP contribution is 2.35. The first-order valence-electron chi connectivity index (χ1n) is 4.21. The Morgan fingerprint density at radius 3 is 2.23 bits per heavy atom. The quantitative estimate of drug-likeness (QED) is 0.811. The van der Waals surface area contributed by atoms with E-state index < -0.39 is 0 Å². The third-order valence-electron chi connectivity index (χ3n) is 2.36. The van der Waals surface area contributed by atoms with E-state index in [1.807, 2.05) is 12.1 Å². The summed E-state index contributed by atoms with van der Waals surface area (Å²) >= 11 is 5.77. The van der Waals surface area contributed by atoms with Crippen molar-refractivity contribution < 1.29 is 0 Å². The minimum absolute atomic E-state index is 0. The van der Waals surface area contributed by atoms with Gasteiger partial charge in [0.05, 0.1) is 0 Å². The highest BCUT2D eigenvalue weighted by atomic mass is 35.5. The molecule has 2 N–H and O–H groups in total. The van der Waals surface area contributed by atoms with Crippen molar-refractivity contribution in [3.05, 3.63) is 34.9 Å². The molecular weight excluding hydrogens is 205 g/mol. The van der Waals surface area contributed by atoms with Gasteiger partial charge in [-0.2, -0.15) is 0 Å². The summed E-state index contributed by atoms with van der Waals surface area (Å²) in [5.41, 5.74) is 7.38. The Morgan fingerprint density at radius 1 is 1.23 bits per heavy atom. The largest absolute Gasteiger partial charge is 0.325 e. The van der Waals surface area contributed by atoms with Crippen molar-refractivity contribution in [2.24, 2.45) is 5.73 Å². The maximum absolute atomic E-state index is 5.98. The minimum Gasteiger partial charge on any atom is -0.325 e. The van der Waals surface area contributed by atoms with E-state index in [9.17, 15) is 0 Å². The Hall–Kier alpha value is -0.240. The summed E-state index contributed by atoms with van der Waals surface area (Å²) in [6.07, 6.45) is 3.31. The monoisotopic (exact) mass is 217 g/mol. The fourth-order valence-corrected chi connectivity index (χ4v) is 1.47. The van der Waals surface area contributed by atoms with Crippen molar-refractivity contribution in [2.45, 2.75) is 24.8 Å². The van der Waals surface area contributed by atoms with Crippen molar-refractivity contribution in [3.8, 4) is 0 Å². The van der Waals surface area contributed by atoms with E-state index >= 15 is 0 Å². The molecule has 0 spiro atoms. The van der Waals surface area contributed by atoms with Crippen molar-refractivity contribution in [3.63, 3.8) is 0 Å². The summed E-state index contributed by atoms with van der Waals surface area (Å²) in [4.78, 5) is 0. The molecule has 1 nitrogen and oxygen atoms in total. The zero-order valence-electron chi connectivity index (χ0n) is 7.29. The molecule has 0 heterocycles. The molecule has 0 atom stereocenters. The fourth-order valence-electron chi connectivity index (χ4n) is 1.35. The lowest BCUT2D eigenvalue weighted by Gasteiger charge is -2.07. The van der Waals surface area contributed by atoms with Crippen LogP contribution in [0.1, 0.15) is 18.4 Å². The first-order valence-corrected chi connectivity index (χ1v) is 4.59. The van der Waals surface area contributed by atoms with Gasteiger partial charge >= 0.3 is 0 Å². The van der Waals surface area contributed by atoms with Crippen molar-refractivity contribution >= 4 is 24.0 Å². The van der Waals surface area contributed by atoms with E-state index in [-0.39, 0.29) is 17.9 Å². The second-order valence-electron chi connectivity index (χ2n) is 3.67. The highest BCUT2D eigenvalue weighted by molar-refractivity contribution is 6.30. The van der Waals surface area contributed by atoms with Crippen LogP contribution in [0.25, 0.3) is 0 Å². The lowest BCUT2D eigenvalue weighted by molar-refractivity contribution is 0.672. The summed E-state index contributed by atoms with van der Waals surface area (Å²) in [6, 6.07) is 7.94. The molecule has 0 aromatic heterocycles. The predicted octanol–water partition coefficient (Wildman–Crippen LogP) is 2.80. The average Bonchev–Trinajstić information content (AvgIpc) is 2.74. The zero-order chi connectivity index (χ0) is 8.60. The minimum atomic E-state index is 0. The third-order valence-corrected chi connectivity index (χ3v) is 2.61. The zero-order valence-corrected chi connectivity index (χ0v) is 8.87. The smallest absolute Gasteiger partial charge is 0.0406 e. The lowest BCUT2D eigenvalue weighted by Crippen LogP contribution is -2.24. The summed E-state index contributed by atoms with van der Waals surface area (Å²) in [5.74, 6) is 0. The Labute approximate surface area is 89.7 Å². The Kier molecular flexibility index (Phi) is 3.23. The van der Waals surface area contributed by atoms with Crippen LogP contribution < -0.4 is 5.73 Å². The van der Waals surface area contributed by atoms with Crippen molar-refractivity contribution in [1.29, 1.82) is 0 Å².